The predicted molar refractivity (Wildman–Crippen MR) is 104 cm³/mol. The Labute approximate surface area is 164 Å². The molecule has 0 radical (unpaired) electrons. The van der Waals surface area contributed by atoms with Crippen molar-refractivity contribution in [3.63, 3.8) is 0 Å². The Morgan fingerprint density at radius 2 is 2.04 bits per heavy atom. The number of hydrogen-bond donors (Lipinski definition) is 1. The van der Waals surface area contributed by atoms with Crippen LogP contribution in [0, 0.1) is 11.7 Å². The zero-order chi connectivity index (χ0) is 19.4. The second-order valence-corrected chi connectivity index (χ2v) is 8.29. The molecular weight excluding hydrogens is 387 g/mol. The number of amides is 1. The quantitative estimate of drug-likeness (QED) is 0.605. The largest absolute Gasteiger partial charge is 0.305 e. The van der Waals surface area contributed by atoms with Gasteiger partial charge in [0.25, 0.3) is 0 Å². The topological polar surface area (TPSA) is 85.6 Å². The third-order valence-electron chi connectivity index (χ3n) is 3.58. The molecule has 1 aromatic carbocycles. The Morgan fingerprint density at radius 1 is 1.26 bits per heavy atom. The van der Waals surface area contributed by atoms with E-state index in [2.05, 4.69) is 39.6 Å². The highest BCUT2D eigenvalue weighted by molar-refractivity contribution is 7.99. The first-order valence-electron chi connectivity index (χ1n) is 8.33. The molecule has 1 N–H and O–H groups in total. The zero-order valence-electron chi connectivity index (χ0n) is 15.1. The maximum Gasteiger partial charge on any atom is 0.236 e. The maximum absolute atomic E-state index is 13.9. The van der Waals surface area contributed by atoms with Crippen LogP contribution in [0.25, 0.3) is 11.4 Å². The summed E-state index contributed by atoms with van der Waals surface area (Å²) in [6.45, 7) is 4.21. The van der Waals surface area contributed by atoms with Crippen LogP contribution in [0.5, 0.6) is 0 Å². The van der Waals surface area contributed by atoms with Crippen LogP contribution in [0.2, 0.25) is 0 Å². The summed E-state index contributed by atoms with van der Waals surface area (Å²) in [7, 11) is 1.74. The molecule has 0 aliphatic rings. The molecule has 3 aromatic rings. The number of hydrogen-bond acceptors (Lipinski definition) is 7. The number of thioether (sulfide) groups is 1. The van der Waals surface area contributed by atoms with Crippen LogP contribution in [0.15, 0.2) is 29.4 Å². The van der Waals surface area contributed by atoms with Gasteiger partial charge in [-0.3, -0.25) is 10.1 Å². The van der Waals surface area contributed by atoms with Gasteiger partial charge in [-0.2, -0.15) is 0 Å². The summed E-state index contributed by atoms with van der Waals surface area (Å²) in [5, 5.41) is 20.8. The van der Waals surface area contributed by atoms with Crippen molar-refractivity contribution >= 4 is 34.1 Å². The predicted octanol–water partition coefficient (Wildman–Crippen LogP) is 3.40. The molecule has 10 heteroatoms. The Balaban J connectivity index is 1.60. The molecule has 0 bridgehead atoms. The fraction of sp³-hybridized carbons (Fsp3) is 0.353. The van der Waals surface area contributed by atoms with Gasteiger partial charge in [-0.25, -0.2) is 4.39 Å². The molecule has 7 nitrogen and oxygen atoms in total. The normalized spacial score (nSPS) is 11.1. The molecule has 0 atom stereocenters. The number of nitrogens with zero attached hydrogens (tertiary/aromatic N) is 5. The minimum Gasteiger partial charge on any atom is -0.305 e. The fourth-order valence-corrected chi connectivity index (χ4v) is 4.02. The Bertz CT molecular complexity index is 939. The molecule has 0 aliphatic heterocycles. The number of carbonyl (C=O) groups is 1. The van der Waals surface area contributed by atoms with Crippen LogP contribution >= 0.6 is 23.1 Å². The minimum absolute atomic E-state index is 0.141. The number of halogens is 1. The Hall–Kier alpha value is -2.33. The standard InChI is InChI=1S/C17H19FN6OS2/c1-10(2)8-14-20-22-16(27-14)19-13(25)9-26-17-23-21-15(24(17)3)11-6-4-5-7-12(11)18/h4-7,10H,8-9H2,1-3H3,(H,19,22,25). The van der Waals surface area contributed by atoms with Gasteiger partial charge in [0.2, 0.25) is 11.0 Å². The van der Waals surface area contributed by atoms with Crippen molar-refractivity contribution in [1.82, 2.24) is 25.0 Å². The number of rotatable bonds is 7. The van der Waals surface area contributed by atoms with Gasteiger partial charge in [-0.05, 0) is 18.1 Å². The average molecular weight is 407 g/mol. The van der Waals surface area contributed by atoms with Crippen LogP contribution in [0.1, 0.15) is 18.9 Å². The van der Waals surface area contributed by atoms with Gasteiger partial charge < -0.3 is 4.57 Å². The first-order chi connectivity index (χ1) is 12.9. The smallest absolute Gasteiger partial charge is 0.236 e. The lowest BCUT2D eigenvalue weighted by Crippen LogP contribution is -2.14. The highest BCUT2D eigenvalue weighted by atomic mass is 32.2. The molecule has 0 unspecified atom stereocenters. The maximum atomic E-state index is 13.9. The monoisotopic (exact) mass is 406 g/mol. The summed E-state index contributed by atoms with van der Waals surface area (Å²) in [4.78, 5) is 12.1. The summed E-state index contributed by atoms with van der Waals surface area (Å²) in [5.41, 5.74) is 0.371. The van der Waals surface area contributed by atoms with Crippen LogP contribution in [-0.2, 0) is 18.3 Å². The highest BCUT2D eigenvalue weighted by Gasteiger charge is 2.16. The van der Waals surface area contributed by atoms with E-state index in [-0.39, 0.29) is 17.5 Å². The molecule has 0 saturated carbocycles. The van der Waals surface area contributed by atoms with Gasteiger partial charge in [0, 0.05) is 13.5 Å². The van der Waals surface area contributed by atoms with Crippen LogP contribution < -0.4 is 5.32 Å². The van der Waals surface area contributed by atoms with E-state index in [4.69, 9.17) is 0 Å². The molecular formula is C17H19FN6OS2. The summed E-state index contributed by atoms with van der Waals surface area (Å²) in [5.74, 6) is 0.469. The molecule has 2 aromatic heterocycles. The Kier molecular flexibility index (Phi) is 6.17. The molecule has 0 aliphatic carbocycles. The molecule has 0 saturated heterocycles. The van der Waals surface area contributed by atoms with E-state index < -0.39 is 0 Å². The lowest BCUT2D eigenvalue weighted by atomic mass is 10.1. The lowest BCUT2D eigenvalue weighted by molar-refractivity contribution is -0.113. The van der Waals surface area contributed by atoms with Gasteiger partial charge in [0.1, 0.15) is 10.8 Å². The second kappa shape index (κ2) is 8.57. The molecule has 27 heavy (non-hydrogen) atoms. The van der Waals surface area contributed by atoms with Crippen LogP contribution in [0.4, 0.5) is 9.52 Å². The molecule has 1 amide bonds. The zero-order valence-corrected chi connectivity index (χ0v) is 16.8. The molecule has 2 heterocycles. The van der Waals surface area contributed by atoms with Crippen LogP contribution in [-0.4, -0.2) is 36.6 Å². The van der Waals surface area contributed by atoms with E-state index in [1.54, 1.807) is 29.8 Å². The highest BCUT2D eigenvalue weighted by Crippen LogP contribution is 2.25. The van der Waals surface area contributed by atoms with Crippen molar-refractivity contribution in [3.8, 4) is 11.4 Å². The van der Waals surface area contributed by atoms with Gasteiger partial charge in [-0.15, -0.1) is 20.4 Å². The van der Waals surface area contributed by atoms with E-state index in [0.29, 0.717) is 27.6 Å². The van der Waals surface area contributed by atoms with Crippen molar-refractivity contribution in [2.24, 2.45) is 13.0 Å². The molecule has 142 valence electrons. The first kappa shape index (κ1) is 19.4. The van der Waals surface area contributed by atoms with E-state index in [1.165, 1.54) is 29.2 Å². The number of nitrogens with one attached hydrogen (secondary N) is 1. The third kappa shape index (κ3) is 4.89. The van der Waals surface area contributed by atoms with E-state index in [9.17, 15) is 9.18 Å². The summed E-state index contributed by atoms with van der Waals surface area (Å²) >= 11 is 2.60. The van der Waals surface area contributed by atoms with Gasteiger partial charge in [0.15, 0.2) is 11.0 Å². The number of anilines is 1. The average Bonchev–Trinajstić information content (AvgIpc) is 3.19. The summed E-state index contributed by atoms with van der Waals surface area (Å²) in [6, 6.07) is 6.38. The summed E-state index contributed by atoms with van der Waals surface area (Å²) in [6.07, 6.45) is 0.833. The van der Waals surface area contributed by atoms with Crippen molar-refractivity contribution in [2.75, 3.05) is 11.1 Å². The van der Waals surface area contributed by atoms with Crippen molar-refractivity contribution in [3.05, 3.63) is 35.1 Å². The first-order valence-corrected chi connectivity index (χ1v) is 10.1. The van der Waals surface area contributed by atoms with Crippen LogP contribution in [0.3, 0.4) is 0 Å². The minimum atomic E-state index is -0.365. The Morgan fingerprint density at radius 3 is 2.78 bits per heavy atom. The summed E-state index contributed by atoms with van der Waals surface area (Å²) < 4.78 is 15.6. The van der Waals surface area contributed by atoms with Gasteiger partial charge in [0.05, 0.1) is 11.3 Å². The van der Waals surface area contributed by atoms with Crippen molar-refractivity contribution in [1.29, 1.82) is 0 Å². The second-order valence-electron chi connectivity index (χ2n) is 6.28. The lowest BCUT2D eigenvalue weighted by Gasteiger charge is -2.04. The van der Waals surface area contributed by atoms with E-state index in [1.807, 2.05) is 0 Å². The van der Waals surface area contributed by atoms with Gasteiger partial charge >= 0.3 is 0 Å². The van der Waals surface area contributed by atoms with Gasteiger partial charge in [-0.1, -0.05) is 49.1 Å². The number of aromatic nitrogens is 5. The molecule has 3 rings (SSSR count). The van der Waals surface area contributed by atoms with E-state index in [0.717, 1.165) is 11.4 Å². The van der Waals surface area contributed by atoms with E-state index >= 15 is 0 Å². The van der Waals surface area contributed by atoms with Crippen molar-refractivity contribution < 1.29 is 9.18 Å². The number of benzene rings is 1. The number of carbonyl (C=O) groups excluding carboxylic acids is 1. The SMILES string of the molecule is CC(C)Cc1nnc(NC(=O)CSc2nnc(-c3ccccc3F)n2C)s1. The fourth-order valence-electron chi connectivity index (χ4n) is 2.34. The molecule has 0 spiro atoms. The van der Waals surface area contributed by atoms with Crippen molar-refractivity contribution in [2.45, 2.75) is 25.4 Å². The molecule has 0 fully saturated rings. The third-order valence-corrected chi connectivity index (χ3v) is 5.46.